The minimum absolute atomic E-state index is 0.586. The van der Waals surface area contributed by atoms with Gasteiger partial charge >= 0.3 is 0 Å². The molecule has 5 heteroatoms. The molecule has 14 heavy (non-hydrogen) atoms. The molecule has 0 atom stereocenters. The Labute approximate surface area is 95.2 Å². The van der Waals surface area contributed by atoms with E-state index in [1.54, 1.807) is 10.9 Å². The van der Waals surface area contributed by atoms with E-state index in [-0.39, 0.29) is 0 Å². The van der Waals surface area contributed by atoms with Gasteiger partial charge in [0.1, 0.15) is 23.9 Å². The highest BCUT2D eigenvalue weighted by molar-refractivity contribution is 14.1. The van der Waals surface area contributed by atoms with Crippen LogP contribution in [-0.4, -0.2) is 9.78 Å². The van der Waals surface area contributed by atoms with E-state index in [0.29, 0.717) is 12.4 Å². The molecule has 2 aromatic rings. The van der Waals surface area contributed by atoms with Crippen LogP contribution in [0, 0.1) is 10.5 Å². The number of anilines is 1. The monoisotopic (exact) mass is 303 g/mol. The number of nitrogen functional groups attached to an aromatic ring is 1. The van der Waals surface area contributed by atoms with Crippen molar-refractivity contribution in [3.8, 4) is 0 Å². The van der Waals surface area contributed by atoms with Crippen molar-refractivity contribution in [3.05, 3.63) is 33.4 Å². The summed E-state index contributed by atoms with van der Waals surface area (Å²) in [6.07, 6.45) is 1.74. The molecule has 0 spiro atoms. The number of nitrogens with two attached hydrogens (primary N) is 1. The summed E-state index contributed by atoms with van der Waals surface area (Å²) in [4.78, 5) is 0. The van der Waals surface area contributed by atoms with Crippen LogP contribution >= 0.6 is 22.6 Å². The Kier molecular flexibility index (Phi) is 2.49. The molecule has 0 saturated carbocycles. The summed E-state index contributed by atoms with van der Waals surface area (Å²) in [6, 6.07) is 3.86. The maximum Gasteiger partial charge on any atom is 0.135 e. The summed E-state index contributed by atoms with van der Waals surface area (Å²) in [6.45, 7) is 2.50. The highest BCUT2D eigenvalue weighted by Crippen LogP contribution is 2.15. The van der Waals surface area contributed by atoms with E-state index in [4.69, 9.17) is 10.2 Å². The van der Waals surface area contributed by atoms with Gasteiger partial charge in [0.25, 0.3) is 0 Å². The Balaban J connectivity index is 2.22. The van der Waals surface area contributed by atoms with Crippen LogP contribution in [0.15, 0.2) is 22.7 Å². The first-order chi connectivity index (χ1) is 6.66. The Morgan fingerprint density at radius 3 is 2.86 bits per heavy atom. The molecule has 2 heterocycles. The molecule has 0 aromatic carbocycles. The van der Waals surface area contributed by atoms with E-state index in [1.165, 1.54) is 0 Å². The lowest BCUT2D eigenvalue weighted by Crippen LogP contribution is -2.05. The van der Waals surface area contributed by atoms with Crippen molar-refractivity contribution in [1.29, 1.82) is 0 Å². The van der Waals surface area contributed by atoms with E-state index in [1.807, 2.05) is 19.1 Å². The fourth-order valence-electron chi connectivity index (χ4n) is 1.22. The zero-order valence-corrected chi connectivity index (χ0v) is 9.85. The predicted octanol–water partition coefficient (Wildman–Crippen LogP) is 2.02. The lowest BCUT2D eigenvalue weighted by molar-refractivity contribution is 0.461. The molecule has 0 aliphatic rings. The van der Waals surface area contributed by atoms with Gasteiger partial charge in [-0.15, -0.1) is 0 Å². The number of rotatable bonds is 2. The molecule has 2 N–H and O–H groups in total. The van der Waals surface area contributed by atoms with Gasteiger partial charge < -0.3 is 10.2 Å². The van der Waals surface area contributed by atoms with Crippen molar-refractivity contribution in [2.24, 2.45) is 0 Å². The first kappa shape index (κ1) is 9.57. The van der Waals surface area contributed by atoms with Gasteiger partial charge in [-0.2, -0.15) is 5.10 Å². The molecule has 0 bridgehead atoms. The van der Waals surface area contributed by atoms with Crippen molar-refractivity contribution >= 4 is 28.4 Å². The lowest BCUT2D eigenvalue weighted by Gasteiger charge is -2.00. The average molecular weight is 303 g/mol. The molecule has 74 valence electrons. The molecule has 0 aliphatic carbocycles. The average Bonchev–Trinajstić information content (AvgIpc) is 2.67. The van der Waals surface area contributed by atoms with E-state index >= 15 is 0 Å². The minimum atomic E-state index is 0.586. The third kappa shape index (κ3) is 1.77. The van der Waals surface area contributed by atoms with Crippen LogP contribution in [0.25, 0.3) is 0 Å². The summed E-state index contributed by atoms with van der Waals surface area (Å²) < 4.78 is 8.12. The van der Waals surface area contributed by atoms with Crippen molar-refractivity contribution in [2.75, 3.05) is 5.73 Å². The normalized spacial score (nSPS) is 10.7. The second-order valence-corrected chi connectivity index (χ2v) is 4.21. The van der Waals surface area contributed by atoms with Gasteiger partial charge in [-0.3, -0.25) is 0 Å². The molecule has 0 amide bonds. The molecule has 2 rings (SSSR count). The Hall–Kier alpha value is -0.980. The van der Waals surface area contributed by atoms with Crippen molar-refractivity contribution in [3.63, 3.8) is 0 Å². The fraction of sp³-hybridized carbons (Fsp3) is 0.222. The summed E-state index contributed by atoms with van der Waals surface area (Å²) in [5.74, 6) is 2.45. The van der Waals surface area contributed by atoms with Crippen LogP contribution in [0.2, 0.25) is 0 Å². The number of aromatic nitrogens is 2. The maximum atomic E-state index is 5.81. The van der Waals surface area contributed by atoms with Crippen molar-refractivity contribution in [1.82, 2.24) is 9.78 Å². The van der Waals surface area contributed by atoms with Crippen LogP contribution in [0.1, 0.15) is 11.5 Å². The molecule has 0 fully saturated rings. The largest absolute Gasteiger partial charge is 0.464 e. The summed E-state index contributed by atoms with van der Waals surface area (Å²) in [7, 11) is 0. The molecule has 0 saturated heterocycles. The number of halogens is 1. The molecule has 0 aliphatic heterocycles. The first-order valence-corrected chi connectivity index (χ1v) is 5.27. The zero-order valence-electron chi connectivity index (χ0n) is 7.70. The highest BCUT2D eigenvalue weighted by Gasteiger charge is 2.06. The zero-order chi connectivity index (χ0) is 10.1. The van der Waals surface area contributed by atoms with Crippen LogP contribution in [0.3, 0.4) is 0 Å². The fourth-order valence-corrected chi connectivity index (χ4v) is 1.62. The van der Waals surface area contributed by atoms with Crippen LogP contribution in [0.4, 0.5) is 5.82 Å². The van der Waals surface area contributed by atoms with Crippen LogP contribution in [0.5, 0.6) is 0 Å². The van der Waals surface area contributed by atoms with Gasteiger partial charge in [0, 0.05) is 0 Å². The van der Waals surface area contributed by atoms with Gasteiger partial charge in [0.2, 0.25) is 0 Å². The molecule has 0 radical (unpaired) electrons. The standard InChI is InChI=1S/C9H10IN3O/c1-6-2-3-7(14-6)5-13-9(11)8(10)4-12-13/h2-4H,5,11H2,1H3. The van der Waals surface area contributed by atoms with E-state index < -0.39 is 0 Å². The SMILES string of the molecule is Cc1ccc(Cn2ncc(I)c2N)o1. The Morgan fingerprint density at radius 1 is 1.57 bits per heavy atom. The summed E-state index contributed by atoms with van der Waals surface area (Å²) >= 11 is 2.15. The number of nitrogens with zero attached hydrogens (tertiary/aromatic N) is 2. The second kappa shape index (κ2) is 3.64. The summed E-state index contributed by atoms with van der Waals surface area (Å²) in [5.41, 5.74) is 5.81. The number of aryl methyl sites for hydroxylation is 1. The number of hydrogen-bond donors (Lipinski definition) is 1. The second-order valence-electron chi connectivity index (χ2n) is 3.05. The van der Waals surface area contributed by atoms with Crippen LogP contribution < -0.4 is 5.73 Å². The van der Waals surface area contributed by atoms with Gasteiger partial charge in [0.15, 0.2) is 0 Å². The molecule has 4 nitrogen and oxygen atoms in total. The van der Waals surface area contributed by atoms with Crippen LogP contribution in [-0.2, 0) is 6.54 Å². The minimum Gasteiger partial charge on any atom is -0.464 e. The maximum absolute atomic E-state index is 5.81. The highest BCUT2D eigenvalue weighted by atomic mass is 127. The Bertz CT molecular complexity index is 447. The quantitative estimate of drug-likeness (QED) is 0.864. The predicted molar refractivity (Wildman–Crippen MR) is 61.9 cm³/mol. The number of furan rings is 1. The first-order valence-electron chi connectivity index (χ1n) is 4.19. The van der Waals surface area contributed by atoms with E-state index in [9.17, 15) is 0 Å². The van der Waals surface area contributed by atoms with Gasteiger partial charge in [-0.05, 0) is 41.6 Å². The molecular formula is C9H10IN3O. The molecule has 2 aromatic heterocycles. The summed E-state index contributed by atoms with van der Waals surface area (Å²) in [5, 5.41) is 4.14. The number of hydrogen-bond acceptors (Lipinski definition) is 3. The van der Waals surface area contributed by atoms with E-state index in [2.05, 4.69) is 27.7 Å². The van der Waals surface area contributed by atoms with E-state index in [0.717, 1.165) is 15.1 Å². The Morgan fingerprint density at radius 2 is 2.36 bits per heavy atom. The lowest BCUT2D eigenvalue weighted by atomic mass is 10.4. The van der Waals surface area contributed by atoms with Gasteiger partial charge in [-0.1, -0.05) is 0 Å². The smallest absolute Gasteiger partial charge is 0.135 e. The topological polar surface area (TPSA) is 57.0 Å². The third-order valence-electron chi connectivity index (χ3n) is 1.93. The molecular weight excluding hydrogens is 293 g/mol. The third-order valence-corrected chi connectivity index (χ3v) is 2.77. The van der Waals surface area contributed by atoms with Gasteiger partial charge in [0.05, 0.1) is 9.77 Å². The van der Waals surface area contributed by atoms with Gasteiger partial charge in [-0.25, -0.2) is 4.68 Å². The van der Waals surface area contributed by atoms with Crippen molar-refractivity contribution < 1.29 is 4.42 Å². The molecule has 0 unspecified atom stereocenters. The van der Waals surface area contributed by atoms with Crippen molar-refractivity contribution in [2.45, 2.75) is 13.5 Å².